The number of rotatable bonds is 7. The van der Waals surface area contributed by atoms with E-state index in [-0.39, 0.29) is 0 Å². The summed E-state index contributed by atoms with van der Waals surface area (Å²) < 4.78 is 19.6. The van der Waals surface area contributed by atoms with Crippen molar-refractivity contribution in [3.63, 3.8) is 0 Å². The van der Waals surface area contributed by atoms with Gasteiger partial charge in [0.2, 0.25) is 0 Å². The summed E-state index contributed by atoms with van der Waals surface area (Å²) in [5, 5.41) is 9.27. The van der Waals surface area contributed by atoms with Gasteiger partial charge >= 0.3 is 0 Å². The van der Waals surface area contributed by atoms with E-state index in [0.717, 1.165) is 65.9 Å². The first-order valence-electron chi connectivity index (χ1n) is 10.7. The van der Waals surface area contributed by atoms with E-state index in [1.54, 1.807) is 6.20 Å². The zero-order chi connectivity index (χ0) is 21.8. The van der Waals surface area contributed by atoms with Crippen molar-refractivity contribution in [1.82, 2.24) is 14.5 Å². The van der Waals surface area contributed by atoms with E-state index in [0.29, 0.717) is 14.8 Å². The second-order valence-corrected chi connectivity index (χ2v) is 8.38. The zero-order valence-corrected chi connectivity index (χ0v) is 18.8. The van der Waals surface area contributed by atoms with E-state index in [2.05, 4.69) is 17.0 Å². The Morgan fingerprint density at radius 2 is 1.62 bits per heavy atom. The molecule has 0 bridgehead atoms. The highest BCUT2D eigenvalue weighted by Crippen LogP contribution is 2.37. The fraction of sp³-hybridized carbons (Fsp3) is 0.250. The lowest BCUT2D eigenvalue weighted by molar-refractivity contribution is 0.0904. The third kappa shape index (κ3) is 4.54. The molecule has 0 amide bonds. The van der Waals surface area contributed by atoms with E-state index >= 15 is 0 Å². The monoisotopic (exact) mass is 448 g/mol. The molecule has 0 saturated carbocycles. The molecule has 7 nitrogen and oxygen atoms in total. The molecular formula is C24H25N4O3P. The van der Waals surface area contributed by atoms with Crippen LogP contribution in [0.1, 0.15) is 12.8 Å². The Kier molecular flexibility index (Phi) is 6.19. The van der Waals surface area contributed by atoms with Crippen LogP contribution in [0.4, 0.5) is 5.82 Å². The normalized spacial score (nSPS) is 14.8. The molecule has 2 aromatic heterocycles. The Morgan fingerprint density at radius 3 is 2.34 bits per heavy atom. The van der Waals surface area contributed by atoms with E-state index in [1.807, 2.05) is 65.1 Å². The number of hydrogen-bond acceptors (Lipinski definition) is 6. The first-order chi connectivity index (χ1) is 15.8. The summed E-state index contributed by atoms with van der Waals surface area (Å²) in [5.41, 5.74) is 0.821. The van der Waals surface area contributed by atoms with Gasteiger partial charge in [0.1, 0.15) is 28.4 Å². The van der Waals surface area contributed by atoms with Crippen LogP contribution in [-0.4, -0.2) is 40.5 Å². The third-order valence-corrected chi connectivity index (χ3v) is 6.07. The van der Waals surface area contributed by atoms with Crippen molar-refractivity contribution in [3.8, 4) is 23.0 Å². The van der Waals surface area contributed by atoms with Gasteiger partial charge in [0.15, 0.2) is 11.5 Å². The number of aromatic nitrogens is 3. The molecule has 1 fully saturated rings. The van der Waals surface area contributed by atoms with Gasteiger partial charge in [-0.15, -0.1) is 5.10 Å². The number of hydrogen-bond donors (Lipinski definition) is 1. The molecule has 164 valence electrons. The first kappa shape index (κ1) is 20.7. The molecule has 1 aliphatic rings. The van der Waals surface area contributed by atoms with Crippen molar-refractivity contribution in [3.05, 3.63) is 66.9 Å². The largest absolute Gasteiger partial charge is 0.457 e. The number of anilines is 1. The topological polar surface area (TPSA) is 70.4 Å². The van der Waals surface area contributed by atoms with Crippen LogP contribution in [0.2, 0.25) is 0 Å². The molecule has 1 saturated heterocycles. The van der Waals surface area contributed by atoms with Crippen molar-refractivity contribution in [1.29, 1.82) is 0 Å². The average Bonchev–Trinajstić information content (AvgIpc) is 3.20. The molecule has 1 N–H and O–H groups in total. The second-order valence-electron chi connectivity index (χ2n) is 7.51. The summed E-state index contributed by atoms with van der Waals surface area (Å²) in [6.45, 7) is 3.63. The quantitative estimate of drug-likeness (QED) is 0.367. The number of nitrogens with zero attached hydrogens (tertiary/aromatic N) is 3. The Hall–Kier alpha value is -3.15. The number of benzene rings is 2. The Morgan fingerprint density at radius 1 is 0.938 bits per heavy atom. The molecule has 0 aliphatic carbocycles. The van der Waals surface area contributed by atoms with E-state index < -0.39 is 0 Å². The van der Waals surface area contributed by atoms with E-state index in [4.69, 9.17) is 19.3 Å². The van der Waals surface area contributed by atoms with Gasteiger partial charge in [0, 0.05) is 40.3 Å². The van der Waals surface area contributed by atoms with Crippen LogP contribution in [0.3, 0.4) is 0 Å². The molecule has 1 atom stereocenters. The van der Waals surface area contributed by atoms with Crippen LogP contribution >= 0.6 is 8.73 Å². The minimum Gasteiger partial charge on any atom is -0.457 e. The predicted octanol–water partition coefficient (Wildman–Crippen LogP) is 5.68. The molecule has 2 aromatic carbocycles. The summed E-state index contributed by atoms with van der Waals surface area (Å²) in [6, 6.07) is 19.5. The van der Waals surface area contributed by atoms with Gasteiger partial charge in [0.05, 0.1) is 0 Å². The van der Waals surface area contributed by atoms with Crippen LogP contribution in [0, 0.1) is 0 Å². The van der Waals surface area contributed by atoms with Gasteiger partial charge < -0.3 is 19.5 Å². The molecule has 8 heteroatoms. The van der Waals surface area contributed by atoms with Gasteiger partial charge in [-0.05, 0) is 55.9 Å². The summed E-state index contributed by atoms with van der Waals surface area (Å²) in [6.07, 6.45) is 3.69. The lowest BCUT2D eigenvalue weighted by Gasteiger charge is -2.23. The van der Waals surface area contributed by atoms with Gasteiger partial charge in [-0.25, -0.2) is 9.44 Å². The minimum absolute atomic E-state index is 0.331. The lowest BCUT2D eigenvalue weighted by Crippen LogP contribution is -2.28. The van der Waals surface area contributed by atoms with Crippen LogP contribution in [0.15, 0.2) is 66.9 Å². The highest BCUT2D eigenvalue weighted by atomic mass is 31.1. The lowest BCUT2D eigenvalue weighted by atomic mass is 10.1. The molecule has 3 heterocycles. The summed E-state index contributed by atoms with van der Waals surface area (Å²) in [5.74, 6) is 3.82. The Labute approximate surface area is 188 Å². The van der Waals surface area contributed by atoms with Crippen LogP contribution < -0.4 is 14.8 Å². The van der Waals surface area contributed by atoms with Crippen LogP contribution in [-0.2, 0) is 4.74 Å². The summed E-state index contributed by atoms with van der Waals surface area (Å²) in [7, 11) is 0.472. The van der Waals surface area contributed by atoms with Crippen molar-refractivity contribution < 1.29 is 14.2 Å². The van der Waals surface area contributed by atoms with Crippen LogP contribution in [0.5, 0.6) is 23.0 Å². The van der Waals surface area contributed by atoms with Gasteiger partial charge in [0.25, 0.3) is 0 Å². The molecule has 1 aliphatic heterocycles. The highest BCUT2D eigenvalue weighted by Gasteiger charge is 2.21. The summed E-state index contributed by atoms with van der Waals surface area (Å²) >= 11 is 0. The maximum absolute atomic E-state index is 6.27. The van der Waals surface area contributed by atoms with Crippen molar-refractivity contribution >= 4 is 25.6 Å². The maximum atomic E-state index is 6.27. The molecule has 4 aromatic rings. The number of pyridine rings is 1. The standard InChI is InChI=1S/C24H25N4O3P/c1-32-28-24-22(23(27-28)26-17-12-15-29-16-13-17)21(11-14-25-24)31-20-9-7-19(8-10-20)30-18-5-3-2-4-6-18/h2-11,14,17,32H,12-13,15-16H2,1H3,(H,26,27). The molecule has 0 radical (unpaired) electrons. The number of fused-ring (bicyclic) bond motifs is 1. The van der Waals surface area contributed by atoms with Crippen molar-refractivity contribution in [2.24, 2.45) is 0 Å². The highest BCUT2D eigenvalue weighted by molar-refractivity contribution is 7.35. The minimum atomic E-state index is 0.331. The number of ether oxygens (including phenoxy) is 3. The molecule has 1 unspecified atom stereocenters. The number of nitrogens with one attached hydrogen (secondary N) is 1. The predicted molar refractivity (Wildman–Crippen MR) is 128 cm³/mol. The molecular weight excluding hydrogens is 423 g/mol. The maximum Gasteiger partial charge on any atom is 0.166 e. The molecule has 0 spiro atoms. The average molecular weight is 448 g/mol. The summed E-state index contributed by atoms with van der Waals surface area (Å²) in [4.78, 5) is 4.57. The first-order valence-corrected chi connectivity index (χ1v) is 12.2. The van der Waals surface area contributed by atoms with Crippen molar-refractivity contribution in [2.75, 3.05) is 25.2 Å². The van der Waals surface area contributed by atoms with E-state index in [1.165, 1.54) is 0 Å². The SMILES string of the molecule is CPn1nc(NC2CCOCC2)c2c(Oc3ccc(Oc4ccccc4)cc3)ccnc21. The van der Waals surface area contributed by atoms with Crippen LogP contribution in [0.25, 0.3) is 11.0 Å². The fourth-order valence-electron chi connectivity index (χ4n) is 3.72. The van der Waals surface area contributed by atoms with Gasteiger partial charge in [-0.3, -0.25) is 0 Å². The smallest absolute Gasteiger partial charge is 0.166 e. The second kappa shape index (κ2) is 9.55. The molecule has 5 rings (SSSR count). The van der Waals surface area contributed by atoms with Gasteiger partial charge in [-0.2, -0.15) is 0 Å². The zero-order valence-electron chi connectivity index (χ0n) is 17.8. The molecule has 32 heavy (non-hydrogen) atoms. The van der Waals surface area contributed by atoms with Crippen molar-refractivity contribution in [2.45, 2.75) is 18.9 Å². The Balaban J connectivity index is 1.40. The third-order valence-electron chi connectivity index (χ3n) is 5.33. The van der Waals surface area contributed by atoms with E-state index in [9.17, 15) is 0 Å². The number of para-hydroxylation sites is 1. The van der Waals surface area contributed by atoms with Gasteiger partial charge in [-0.1, -0.05) is 18.2 Å². The Bertz CT molecular complexity index is 1180. The fourth-order valence-corrected chi connectivity index (χ4v) is 4.30.